The average molecular weight is 303 g/mol. The van der Waals surface area contributed by atoms with Crippen molar-refractivity contribution in [3.63, 3.8) is 0 Å². The van der Waals surface area contributed by atoms with Crippen molar-refractivity contribution in [3.8, 4) is 0 Å². The lowest BCUT2D eigenvalue weighted by Gasteiger charge is -2.19. The van der Waals surface area contributed by atoms with Crippen molar-refractivity contribution in [2.45, 2.75) is 19.1 Å². The van der Waals surface area contributed by atoms with Crippen LogP contribution in [-0.4, -0.2) is 30.4 Å². The molecule has 0 spiro atoms. The molecule has 17 heavy (non-hydrogen) atoms. The minimum Gasteiger partial charge on any atom is -0.467 e. The summed E-state index contributed by atoms with van der Waals surface area (Å²) in [6.45, 7) is 1.58. The predicted molar refractivity (Wildman–Crippen MR) is 66.4 cm³/mol. The molecule has 0 radical (unpaired) electrons. The van der Waals surface area contributed by atoms with E-state index >= 15 is 0 Å². The first-order chi connectivity index (χ1) is 7.95. The number of hydrogen-bond donors (Lipinski definition) is 1. The SMILES string of the molecule is COC(=O)C(C)(O)COCc1cccc(Br)c1. The molecule has 0 aliphatic rings. The van der Waals surface area contributed by atoms with Crippen molar-refractivity contribution in [2.24, 2.45) is 0 Å². The molecule has 0 fully saturated rings. The van der Waals surface area contributed by atoms with Gasteiger partial charge in [-0.2, -0.15) is 0 Å². The van der Waals surface area contributed by atoms with Gasteiger partial charge in [0.1, 0.15) is 0 Å². The van der Waals surface area contributed by atoms with Gasteiger partial charge in [0.25, 0.3) is 0 Å². The van der Waals surface area contributed by atoms with Gasteiger partial charge in [0.05, 0.1) is 20.3 Å². The number of carbonyl (C=O) groups is 1. The Balaban J connectivity index is 2.45. The molecular formula is C12H15BrO4. The van der Waals surface area contributed by atoms with E-state index in [0.29, 0.717) is 6.61 Å². The molecule has 0 aliphatic carbocycles. The molecule has 0 aliphatic heterocycles. The first-order valence-electron chi connectivity index (χ1n) is 5.08. The van der Waals surface area contributed by atoms with Crippen molar-refractivity contribution < 1.29 is 19.4 Å². The van der Waals surface area contributed by atoms with Crippen LogP contribution in [0.1, 0.15) is 12.5 Å². The number of carbonyl (C=O) groups excluding carboxylic acids is 1. The standard InChI is InChI=1S/C12H15BrO4/c1-12(15,11(14)16-2)8-17-7-9-4-3-5-10(13)6-9/h3-6,15H,7-8H2,1-2H3. The summed E-state index contributed by atoms with van der Waals surface area (Å²) >= 11 is 3.35. The Morgan fingerprint density at radius 1 is 1.53 bits per heavy atom. The van der Waals surface area contributed by atoms with Gasteiger partial charge in [0, 0.05) is 4.47 Å². The third-order valence-corrected chi connectivity index (χ3v) is 2.66. The zero-order chi connectivity index (χ0) is 12.9. The van der Waals surface area contributed by atoms with E-state index < -0.39 is 11.6 Å². The van der Waals surface area contributed by atoms with Crippen molar-refractivity contribution in [1.82, 2.24) is 0 Å². The third kappa shape index (κ3) is 4.46. The summed E-state index contributed by atoms with van der Waals surface area (Å²) < 4.78 is 10.7. The van der Waals surface area contributed by atoms with E-state index in [1.165, 1.54) is 14.0 Å². The zero-order valence-corrected chi connectivity index (χ0v) is 11.4. The number of ether oxygens (including phenoxy) is 2. The summed E-state index contributed by atoms with van der Waals surface area (Å²) in [6.07, 6.45) is 0. The minimum atomic E-state index is -1.61. The van der Waals surface area contributed by atoms with Crippen molar-refractivity contribution in [1.29, 1.82) is 0 Å². The van der Waals surface area contributed by atoms with Gasteiger partial charge >= 0.3 is 5.97 Å². The molecule has 1 unspecified atom stereocenters. The second-order valence-electron chi connectivity index (χ2n) is 3.89. The van der Waals surface area contributed by atoms with Crippen LogP contribution in [-0.2, 0) is 20.9 Å². The van der Waals surface area contributed by atoms with Crippen LogP contribution in [0.25, 0.3) is 0 Å². The lowest BCUT2D eigenvalue weighted by atomic mass is 10.1. The summed E-state index contributed by atoms with van der Waals surface area (Å²) in [4.78, 5) is 11.2. The van der Waals surface area contributed by atoms with Gasteiger partial charge < -0.3 is 14.6 Å². The van der Waals surface area contributed by atoms with Crippen LogP contribution in [0.4, 0.5) is 0 Å². The molecule has 94 valence electrons. The highest BCUT2D eigenvalue weighted by molar-refractivity contribution is 9.10. The number of methoxy groups -OCH3 is 1. The van der Waals surface area contributed by atoms with E-state index in [9.17, 15) is 9.90 Å². The highest BCUT2D eigenvalue weighted by Crippen LogP contribution is 2.13. The quantitative estimate of drug-likeness (QED) is 0.844. The van der Waals surface area contributed by atoms with E-state index in [0.717, 1.165) is 10.0 Å². The molecule has 1 aromatic carbocycles. The van der Waals surface area contributed by atoms with Crippen LogP contribution in [0, 0.1) is 0 Å². The van der Waals surface area contributed by atoms with Gasteiger partial charge in [-0.3, -0.25) is 0 Å². The van der Waals surface area contributed by atoms with E-state index in [1.807, 2.05) is 24.3 Å². The van der Waals surface area contributed by atoms with Gasteiger partial charge in [-0.05, 0) is 24.6 Å². The fourth-order valence-electron chi connectivity index (χ4n) is 1.27. The average Bonchev–Trinajstić information content (AvgIpc) is 2.27. The first kappa shape index (κ1) is 14.2. The fraction of sp³-hybridized carbons (Fsp3) is 0.417. The van der Waals surface area contributed by atoms with Crippen LogP contribution in [0.3, 0.4) is 0 Å². The first-order valence-corrected chi connectivity index (χ1v) is 5.88. The van der Waals surface area contributed by atoms with Crippen LogP contribution >= 0.6 is 15.9 Å². The lowest BCUT2D eigenvalue weighted by Crippen LogP contribution is -2.40. The monoisotopic (exact) mass is 302 g/mol. The molecule has 0 amide bonds. The molecule has 5 heteroatoms. The Labute approximate surface area is 109 Å². The Morgan fingerprint density at radius 2 is 2.24 bits per heavy atom. The normalized spacial score (nSPS) is 14.1. The zero-order valence-electron chi connectivity index (χ0n) is 9.77. The topological polar surface area (TPSA) is 55.8 Å². The predicted octanol–water partition coefficient (Wildman–Crippen LogP) is 1.89. The molecule has 1 atom stereocenters. The van der Waals surface area contributed by atoms with Crippen LogP contribution in [0.5, 0.6) is 0 Å². The minimum absolute atomic E-state index is 0.105. The Morgan fingerprint density at radius 3 is 2.82 bits per heavy atom. The molecule has 0 bridgehead atoms. The molecule has 1 N–H and O–H groups in total. The second-order valence-corrected chi connectivity index (χ2v) is 4.80. The molecule has 0 aromatic heterocycles. The van der Waals surface area contributed by atoms with Gasteiger partial charge in [0.2, 0.25) is 0 Å². The number of aliphatic hydroxyl groups is 1. The van der Waals surface area contributed by atoms with Crippen molar-refractivity contribution >= 4 is 21.9 Å². The van der Waals surface area contributed by atoms with E-state index in [4.69, 9.17) is 4.74 Å². The largest absolute Gasteiger partial charge is 0.467 e. The maximum Gasteiger partial charge on any atom is 0.339 e. The molecule has 1 rings (SSSR count). The Bertz CT molecular complexity index is 390. The van der Waals surface area contributed by atoms with Crippen LogP contribution < -0.4 is 0 Å². The van der Waals surface area contributed by atoms with Gasteiger partial charge in [-0.15, -0.1) is 0 Å². The van der Waals surface area contributed by atoms with Crippen molar-refractivity contribution in [3.05, 3.63) is 34.3 Å². The summed E-state index contributed by atoms with van der Waals surface area (Å²) in [5.74, 6) is -0.702. The molecular weight excluding hydrogens is 288 g/mol. The maximum absolute atomic E-state index is 11.2. The van der Waals surface area contributed by atoms with E-state index in [-0.39, 0.29) is 6.61 Å². The molecule has 1 aromatic rings. The third-order valence-electron chi connectivity index (χ3n) is 2.17. The summed E-state index contributed by atoms with van der Waals surface area (Å²) in [5.41, 5.74) is -0.652. The number of halogens is 1. The second kappa shape index (κ2) is 6.14. The summed E-state index contributed by atoms with van der Waals surface area (Å²) in [6, 6.07) is 7.61. The van der Waals surface area contributed by atoms with E-state index in [1.54, 1.807) is 0 Å². The number of benzene rings is 1. The fourth-order valence-corrected chi connectivity index (χ4v) is 1.72. The van der Waals surface area contributed by atoms with Gasteiger partial charge in [0.15, 0.2) is 5.60 Å². The molecule has 4 nitrogen and oxygen atoms in total. The highest BCUT2D eigenvalue weighted by Gasteiger charge is 2.31. The molecule has 0 heterocycles. The van der Waals surface area contributed by atoms with Crippen LogP contribution in [0.15, 0.2) is 28.7 Å². The maximum atomic E-state index is 11.2. The summed E-state index contributed by atoms with van der Waals surface area (Å²) in [7, 11) is 1.23. The molecule has 0 saturated heterocycles. The summed E-state index contributed by atoms with van der Waals surface area (Å²) in [5, 5.41) is 9.71. The van der Waals surface area contributed by atoms with Crippen LogP contribution in [0.2, 0.25) is 0 Å². The van der Waals surface area contributed by atoms with Gasteiger partial charge in [-0.1, -0.05) is 28.1 Å². The Hall–Kier alpha value is -0.910. The smallest absolute Gasteiger partial charge is 0.339 e. The highest BCUT2D eigenvalue weighted by atomic mass is 79.9. The lowest BCUT2D eigenvalue weighted by molar-refractivity contribution is -0.167. The van der Waals surface area contributed by atoms with Gasteiger partial charge in [-0.25, -0.2) is 4.79 Å². The number of rotatable bonds is 5. The number of hydrogen-bond acceptors (Lipinski definition) is 4. The van der Waals surface area contributed by atoms with E-state index in [2.05, 4.69) is 20.7 Å². The molecule has 0 saturated carbocycles. The number of esters is 1. The van der Waals surface area contributed by atoms with Crippen molar-refractivity contribution in [2.75, 3.05) is 13.7 Å². The Kier molecular flexibility index (Phi) is 5.11.